The van der Waals surface area contributed by atoms with Crippen LogP contribution in [0.5, 0.6) is 0 Å². The van der Waals surface area contributed by atoms with Crippen molar-refractivity contribution in [3.05, 3.63) is 180 Å². The molecule has 2 N–H and O–H groups in total. The maximum absolute atomic E-state index is 13.0. The van der Waals surface area contributed by atoms with Gasteiger partial charge in [-0.3, -0.25) is 0 Å². The van der Waals surface area contributed by atoms with Gasteiger partial charge < -0.3 is 28.8 Å². The Bertz CT molecular complexity index is 4270. The molecule has 0 atom stereocenters. The molecule has 27 nitrogen and oxygen atoms in total. The van der Waals surface area contributed by atoms with Crippen molar-refractivity contribution in [3.8, 4) is 0 Å². The van der Waals surface area contributed by atoms with Crippen molar-refractivity contribution >= 4 is 126 Å². The zero-order valence-corrected chi connectivity index (χ0v) is 47.1. The molecule has 84 heavy (non-hydrogen) atoms. The molecule has 0 aliphatic heterocycles. The lowest BCUT2D eigenvalue weighted by atomic mass is 10.2. The Morgan fingerprint density at radius 1 is 0.298 bits per heavy atom. The van der Waals surface area contributed by atoms with E-state index < -0.39 is 66.1 Å². The van der Waals surface area contributed by atoms with Crippen molar-refractivity contribution in [2.45, 2.75) is 47.3 Å². The Morgan fingerprint density at radius 2 is 0.548 bits per heavy atom. The number of carbonyl (C=O) groups is 1. The second kappa shape index (κ2) is 25.2. The van der Waals surface area contributed by atoms with Crippen LogP contribution >= 0.6 is 0 Å². The molecule has 0 fully saturated rings. The maximum Gasteiger partial charge on any atom is 0.323 e. The number of aryl methyl sites for hydroxylation is 4. The molecule has 0 unspecified atom stereocenters. The van der Waals surface area contributed by atoms with E-state index in [4.69, 9.17) is 0 Å². The van der Waals surface area contributed by atoms with Crippen LogP contribution in [0.1, 0.15) is 22.3 Å². The molecule has 0 aliphatic carbocycles. The number of nitrogens with zero attached hydrogens (tertiary/aromatic N) is 12. The van der Waals surface area contributed by atoms with Gasteiger partial charge in [-0.1, -0.05) is 0 Å². The first kappa shape index (κ1) is 60.4. The van der Waals surface area contributed by atoms with Crippen molar-refractivity contribution in [3.63, 3.8) is 0 Å². The summed E-state index contributed by atoms with van der Waals surface area (Å²) in [5, 5.41) is 54.7. The molecule has 0 spiro atoms. The summed E-state index contributed by atoms with van der Waals surface area (Å²) in [7, 11) is -19.5. The highest BCUT2D eigenvalue weighted by molar-refractivity contribution is 7.86. The van der Waals surface area contributed by atoms with Crippen LogP contribution in [0.3, 0.4) is 0 Å². The van der Waals surface area contributed by atoms with E-state index >= 15 is 0 Å². The lowest BCUT2D eigenvalue weighted by Crippen LogP contribution is -2.19. The highest BCUT2D eigenvalue weighted by Crippen LogP contribution is 2.36. The van der Waals surface area contributed by atoms with Gasteiger partial charge in [-0.05, 0) is 208 Å². The molecule has 0 heterocycles. The zero-order valence-electron chi connectivity index (χ0n) is 43.8. The van der Waals surface area contributed by atoms with Crippen LogP contribution in [-0.2, 0) is 40.5 Å². The minimum atomic E-state index is -5.06. The Balaban J connectivity index is 0.839. The lowest BCUT2D eigenvalue weighted by Gasteiger charge is -2.10. The molecule has 0 aromatic heterocycles. The van der Waals surface area contributed by atoms with Gasteiger partial charge in [0.2, 0.25) is 0 Å². The fourth-order valence-corrected chi connectivity index (χ4v) is 9.54. The minimum Gasteiger partial charge on any atom is -0.744 e. The number of amides is 2. The first-order chi connectivity index (χ1) is 39.6. The van der Waals surface area contributed by atoms with E-state index in [2.05, 4.69) is 72.0 Å². The molecule has 0 saturated carbocycles. The van der Waals surface area contributed by atoms with E-state index in [1.165, 1.54) is 48.5 Å². The molecule has 0 bridgehead atoms. The Hall–Kier alpha value is -9.73. The zero-order chi connectivity index (χ0) is 60.6. The van der Waals surface area contributed by atoms with Crippen LogP contribution in [0.25, 0.3) is 0 Å². The number of rotatable bonds is 18. The summed E-state index contributed by atoms with van der Waals surface area (Å²) in [6, 6.07) is 35.3. The van der Waals surface area contributed by atoms with E-state index in [0.29, 0.717) is 67.8 Å². The fraction of sp³-hybridized carbons (Fsp3) is 0.0755. The number of azo groups is 6. The van der Waals surface area contributed by atoms with Crippen LogP contribution < -0.4 is 10.6 Å². The van der Waals surface area contributed by atoms with Crippen LogP contribution in [0.2, 0.25) is 0 Å². The van der Waals surface area contributed by atoms with Crippen molar-refractivity contribution in [1.29, 1.82) is 0 Å². The Morgan fingerprint density at radius 3 is 0.857 bits per heavy atom. The normalized spacial score (nSPS) is 12.7. The van der Waals surface area contributed by atoms with Gasteiger partial charge in [-0.15, -0.1) is 10.2 Å². The first-order valence-electron chi connectivity index (χ1n) is 24.0. The van der Waals surface area contributed by atoms with Gasteiger partial charge in [0.05, 0.1) is 76.5 Å². The van der Waals surface area contributed by atoms with Gasteiger partial charge >= 0.3 is 6.03 Å². The first-order valence-corrected chi connectivity index (χ1v) is 29.6. The number of benzene rings is 8. The van der Waals surface area contributed by atoms with Crippen molar-refractivity contribution < 1.29 is 56.7 Å². The molecule has 2 amide bonds. The summed E-state index contributed by atoms with van der Waals surface area (Å²) in [6.07, 6.45) is 0. The third-order valence-electron chi connectivity index (χ3n) is 11.6. The van der Waals surface area contributed by atoms with Gasteiger partial charge in [-0.2, -0.15) is 51.1 Å². The van der Waals surface area contributed by atoms with E-state index in [-0.39, 0.29) is 34.1 Å². The van der Waals surface area contributed by atoms with Crippen molar-refractivity contribution in [2.75, 3.05) is 10.6 Å². The molecule has 0 radical (unpaired) electrons. The quantitative estimate of drug-likeness (QED) is 0.0596. The van der Waals surface area contributed by atoms with Gasteiger partial charge in [0.1, 0.15) is 51.8 Å². The highest BCUT2D eigenvalue weighted by atomic mass is 32.2. The summed E-state index contributed by atoms with van der Waals surface area (Å²) >= 11 is 0. The molecule has 8 rings (SSSR count). The van der Waals surface area contributed by atoms with Crippen LogP contribution in [0.15, 0.2) is 239 Å². The SMILES string of the molecule is Cc1cc(NC(=O)Nc2ccc(N=Nc3ccc(N=Nc4ccc(N=Nc5ccc(S(=O)(=O)[O-])cc5)cc4S(=O)(=O)[O-])c(C)c3)c(C)c2)ccc1N=Nc1ccc(N=Nc2ccc(N=Nc3ccc(S(=O)(=O)[O-])cc3)cc2S(=O)(=O)[O-])c(C)c1. The fourth-order valence-electron chi connectivity index (χ4n) is 7.34. The lowest BCUT2D eigenvalue weighted by molar-refractivity contribution is 0.262. The minimum absolute atomic E-state index is 0.0332. The third-order valence-corrected chi connectivity index (χ3v) is 15.0. The van der Waals surface area contributed by atoms with Crippen molar-refractivity contribution in [1.82, 2.24) is 0 Å². The van der Waals surface area contributed by atoms with E-state index in [0.717, 1.165) is 36.4 Å². The average Bonchev–Trinajstić information content (AvgIpc) is 3.31. The summed E-state index contributed by atoms with van der Waals surface area (Å²) < 4.78 is 140. The summed E-state index contributed by atoms with van der Waals surface area (Å²) in [5.41, 5.74) is 5.76. The van der Waals surface area contributed by atoms with E-state index in [1.807, 2.05) is 0 Å². The summed E-state index contributed by atoms with van der Waals surface area (Å²) in [6.45, 7) is 6.99. The van der Waals surface area contributed by atoms with Gasteiger partial charge in [-0.25, -0.2) is 38.5 Å². The van der Waals surface area contributed by atoms with E-state index in [1.54, 1.807) is 100 Å². The average molecular weight is 1210 g/mol. The molecule has 0 saturated heterocycles. The van der Waals surface area contributed by atoms with Crippen LogP contribution in [0.4, 0.5) is 84.4 Å². The smallest absolute Gasteiger partial charge is 0.323 e. The highest BCUT2D eigenvalue weighted by Gasteiger charge is 2.14. The van der Waals surface area contributed by atoms with E-state index in [9.17, 15) is 56.7 Å². The number of urea groups is 1. The second-order valence-electron chi connectivity index (χ2n) is 17.8. The van der Waals surface area contributed by atoms with Gasteiger partial charge in [0.15, 0.2) is 0 Å². The number of carbonyl (C=O) groups excluding carboxylic acids is 1. The number of anilines is 2. The van der Waals surface area contributed by atoms with Gasteiger partial charge in [0, 0.05) is 11.4 Å². The molecule has 8 aromatic rings. The van der Waals surface area contributed by atoms with Gasteiger partial charge in [0.25, 0.3) is 0 Å². The number of hydrogen-bond acceptors (Lipinski definition) is 25. The monoisotopic (exact) mass is 1210 g/mol. The number of nitrogens with one attached hydrogen (secondary N) is 2. The van der Waals surface area contributed by atoms with Crippen molar-refractivity contribution in [2.24, 2.45) is 61.4 Å². The largest absolute Gasteiger partial charge is 0.744 e. The number of hydrogen-bond donors (Lipinski definition) is 2. The molecule has 8 aromatic carbocycles. The summed E-state index contributed by atoms with van der Waals surface area (Å²) in [5.74, 6) is 0. The molecular formula is C53H40N14O13S4-4. The van der Waals surface area contributed by atoms with Crippen LogP contribution in [0, 0.1) is 27.7 Å². The predicted molar refractivity (Wildman–Crippen MR) is 300 cm³/mol. The molecule has 31 heteroatoms. The molecular weight excluding hydrogens is 1170 g/mol. The third kappa shape index (κ3) is 16.3. The predicted octanol–water partition coefficient (Wildman–Crippen LogP) is 14.7. The Kier molecular flexibility index (Phi) is 18.1. The Labute approximate surface area is 479 Å². The topological polar surface area (TPSA) is 418 Å². The standard InChI is InChI=1S/C53H44N14O13S4/c1-31-25-37(9-19-45(31)62-60-39-11-21-47(33(3)27-39)64-66-49-23-13-41(29-51(49)83(75,76)77)58-56-35-5-15-43(16-6-35)81(69,70)71)54-53(68)55-38-10-20-46(32(2)26-38)63-61-40-12-22-48(34(4)28-40)65-67-50-24-14-42(30-52(50)84(78,79)80)59-57-36-7-17-44(18-8-36)82(72,73)74/h5-30H,1-4H3,(H2,54,55,68)(H,69,70,71)(H,72,73,74)(H,75,76,77)(H,78,79,80)/p-4. The molecule has 428 valence electrons. The maximum atomic E-state index is 13.0. The molecule has 0 aliphatic rings. The van der Waals surface area contributed by atoms with Crippen LogP contribution in [-0.4, -0.2) is 57.9 Å². The summed E-state index contributed by atoms with van der Waals surface area (Å²) in [4.78, 5) is 10.7. The second-order valence-corrected chi connectivity index (χ2v) is 23.3.